The van der Waals surface area contributed by atoms with Gasteiger partial charge >= 0.3 is 0 Å². The predicted octanol–water partition coefficient (Wildman–Crippen LogP) is 2.93. The molecule has 0 aliphatic carbocycles. The Morgan fingerprint density at radius 2 is 2.20 bits per heavy atom. The highest BCUT2D eigenvalue weighted by atomic mass is 35.5. The van der Waals surface area contributed by atoms with Crippen molar-refractivity contribution >= 4 is 17.3 Å². The molecule has 1 unspecified atom stereocenters. The molecule has 15 heavy (non-hydrogen) atoms. The molecule has 1 atom stereocenters. The maximum Gasteiger partial charge on any atom is 0.101 e. The lowest BCUT2D eigenvalue weighted by Crippen LogP contribution is -2.14. The topological polar surface area (TPSA) is 59.6 Å². The highest BCUT2D eigenvalue weighted by molar-refractivity contribution is 6.30. The van der Waals surface area contributed by atoms with Crippen molar-refractivity contribution in [3.05, 3.63) is 28.8 Å². The minimum Gasteiger partial charge on any atom is -0.380 e. The number of hydrogen-bond acceptors (Lipinski definition) is 3. The van der Waals surface area contributed by atoms with Crippen molar-refractivity contribution in [2.75, 3.05) is 5.32 Å². The second kappa shape index (κ2) is 5.24. The number of nitriles is 2. The lowest BCUT2D eigenvalue weighted by Gasteiger charge is -2.13. The second-order valence-corrected chi connectivity index (χ2v) is 3.65. The Bertz CT molecular complexity index is 428. The van der Waals surface area contributed by atoms with E-state index in [2.05, 4.69) is 17.5 Å². The molecule has 1 aromatic carbocycles. The summed E-state index contributed by atoms with van der Waals surface area (Å²) in [5.41, 5.74) is 1.21. The van der Waals surface area contributed by atoms with Gasteiger partial charge in [-0.3, -0.25) is 0 Å². The Labute approximate surface area is 93.9 Å². The van der Waals surface area contributed by atoms with Gasteiger partial charge in [-0.1, -0.05) is 11.6 Å². The van der Waals surface area contributed by atoms with Crippen molar-refractivity contribution in [3.63, 3.8) is 0 Å². The molecule has 0 bridgehead atoms. The molecule has 0 heterocycles. The van der Waals surface area contributed by atoms with Crippen molar-refractivity contribution < 1.29 is 0 Å². The molecular formula is C11H10ClN3. The van der Waals surface area contributed by atoms with Gasteiger partial charge in [-0.2, -0.15) is 10.5 Å². The molecule has 1 aromatic rings. The van der Waals surface area contributed by atoms with E-state index in [-0.39, 0.29) is 6.04 Å². The zero-order chi connectivity index (χ0) is 11.3. The fourth-order valence-corrected chi connectivity index (χ4v) is 1.36. The summed E-state index contributed by atoms with van der Waals surface area (Å²) in [7, 11) is 0. The lowest BCUT2D eigenvalue weighted by atomic mass is 10.1. The van der Waals surface area contributed by atoms with Crippen LogP contribution in [0.4, 0.5) is 5.69 Å². The summed E-state index contributed by atoms with van der Waals surface area (Å²) >= 11 is 5.82. The van der Waals surface area contributed by atoms with Crippen molar-refractivity contribution in [3.8, 4) is 12.1 Å². The maximum atomic E-state index is 8.85. The molecule has 0 radical (unpaired) electrons. The SMILES string of the molecule is CC(CC#N)Nc1cc(Cl)ccc1C#N. The Morgan fingerprint density at radius 1 is 1.47 bits per heavy atom. The van der Waals surface area contributed by atoms with Crippen LogP contribution in [0, 0.1) is 22.7 Å². The van der Waals surface area contributed by atoms with Crippen LogP contribution in [-0.2, 0) is 0 Å². The van der Waals surface area contributed by atoms with Gasteiger partial charge in [0.15, 0.2) is 0 Å². The van der Waals surface area contributed by atoms with E-state index in [1.54, 1.807) is 18.2 Å². The first-order valence-electron chi connectivity index (χ1n) is 4.50. The van der Waals surface area contributed by atoms with Gasteiger partial charge in [-0.15, -0.1) is 0 Å². The maximum absolute atomic E-state index is 8.85. The number of halogens is 1. The van der Waals surface area contributed by atoms with Crippen molar-refractivity contribution in [2.45, 2.75) is 19.4 Å². The average Bonchev–Trinajstić information content (AvgIpc) is 2.18. The van der Waals surface area contributed by atoms with Gasteiger partial charge in [0.05, 0.1) is 23.7 Å². The Morgan fingerprint density at radius 3 is 2.80 bits per heavy atom. The molecule has 0 aliphatic heterocycles. The van der Waals surface area contributed by atoms with Gasteiger partial charge in [-0.05, 0) is 25.1 Å². The third-order valence-corrected chi connectivity index (χ3v) is 2.14. The standard InChI is InChI=1S/C11H10ClN3/c1-8(4-5-13)15-11-6-10(12)3-2-9(11)7-14/h2-3,6,8,15H,4H2,1H3. The molecule has 1 N–H and O–H groups in total. The quantitative estimate of drug-likeness (QED) is 0.850. The van der Waals surface area contributed by atoms with Crippen molar-refractivity contribution in [1.82, 2.24) is 0 Å². The largest absolute Gasteiger partial charge is 0.380 e. The highest BCUT2D eigenvalue weighted by Gasteiger charge is 2.06. The molecule has 0 amide bonds. The predicted molar refractivity (Wildman–Crippen MR) is 59.5 cm³/mol. The van der Waals surface area contributed by atoms with Gasteiger partial charge in [0.25, 0.3) is 0 Å². The summed E-state index contributed by atoms with van der Waals surface area (Å²) in [6.45, 7) is 1.88. The molecule has 76 valence electrons. The van der Waals surface area contributed by atoms with Gasteiger partial charge in [-0.25, -0.2) is 0 Å². The van der Waals surface area contributed by atoms with Gasteiger partial charge < -0.3 is 5.32 Å². The van der Waals surface area contributed by atoms with E-state index in [1.165, 1.54) is 0 Å². The zero-order valence-corrected chi connectivity index (χ0v) is 9.04. The summed E-state index contributed by atoms with van der Waals surface area (Å²) in [5.74, 6) is 0. The monoisotopic (exact) mass is 219 g/mol. The third-order valence-electron chi connectivity index (χ3n) is 1.90. The first-order valence-corrected chi connectivity index (χ1v) is 4.88. The van der Waals surface area contributed by atoms with Crippen LogP contribution in [0.3, 0.4) is 0 Å². The van der Waals surface area contributed by atoms with Crippen molar-refractivity contribution in [2.24, 2.45) is 0 Å². The second-order valence-electron chi connectivity index (χ2n) is 3.21. The molecule has 0 saturated heterocycles. The minimum absolute atomic E-state index is 0.000525. The normalized spacial score (nSPS) is 11.2. The molecule has 0 aliphatic rings. The Kier molecular flexibility index (Phi) is 3.97. The summed E-state index contributed by atoms with van der Waals surface area (Å²) in [5, 5.41) is 21.0. The van der Waals surface area contributed by atoms with Crippen molar-refractivity contribution in [1.29, 1.82) is 10.5 Å². The number of nitrogens with one attached hydrogen (secondary N) is 1. The first kappa shape index (κ1) is 11.4. The fraction of sp³-hybridized carbons (Fsp3) is 0.273. The van der Waals surface area contributed by atoms with Crippen LogP contribution in [-0.4, -0.2) is 6.04 Å². The molecule has 0 saturated carbocycles. The molecule has 0 aromatic heterocycles. The van der Waals surface area contributed by atoms with Gasteiger partial charge in [0.2, 0.25) is 0 Å². The molecule has 1 rings (SSSR count). The van der Waals surface area contributed by atoms with E-state index < -0.39 is 0 Å². The van der Waals surface area contributed by atoms with Gasteiger partial charge in [0, 0.05) is 11.1 Å². The smallest absolute Gasteiger partial charge is 0.101 e. The van der Waals surface area contributed by atoms with Crippen LogP contribution in [0.25, 0.3) is 0 Å². The zero-order valence-electron chi connectivity index (χ0n) is 8.29. The van der Waals surface area contributed by atoms with E-state index in [0.29, 0.717) is 22.7 Å². The van der Waals surface area contributed by atoms with E-state index in [4.69, 9.17) is 22.1 Å². The van der Waals surface area contributed by atoms with Crippen LogP contribution in [0.1, 0.15) is 18.9 Å². The highest BCUT2D eigenvalue weighted by Crippen LogP contribution is 2.21. The average molecular weight is 220 g/mol. The van der Waals surface area contributed by atoms with E-state index in [1.807, 2.05) is 6.92 Å². The van der Waals surface area contributed by atoms with Crippen LogP contribution in [0.2, 0.25) is 5.02 Å². The number of anilines is 1. The summed E-state index contributed by atoms with van der Waals surface area (Å²) in [6, 6.07) is 9.14. The van der Waals surface area contributed by atoms with Crippen LogP contribution < -0.4 is 5.32 Å². The Hall–Kier alpha value is -1.71. The Balaban J connectivity index is 2.89. The van der Waals surface area contributed by atoms with E-state index >= 15 is 0 Å². The number of nitrogens with zero attached hydrogens (tertiary/aromatic N) is 2. The summed E-state index contributed by atoms with van der Waals surface area (Å²) in [6.07, 6.45) is 0.386. The van der Waals surface area contributed by atoms with Crippen LogP contribution >= 0.6 is 11.6 Å². The van der Waals surface area contributed by atoms with E-state index in [0.717, 1.165) is 0 Å². The third kappa shape index (κ3) is 3.16. The van der Waals surface area contributed by atoms with Crippen LogP contribution in [0.5, 0.6) is 0 Å². The molecule has 0 spiro atoms. The number of benzene rings is 1. The number of rotatable bonds is 3. The lowest BCUT2D eigenvalue weighted by molar-refractivity contribution is 0.820. The fourth-order valence-electron chi connectivity index (χ4n) is 1.19. The van der Waals surface area contributed by atoms with E-state index in [9.17, 15) is 0 Å². The molecule has 3 nitrogen and oxygen atoms in total. The first-order chi connectivity index (χ1) is 7.17. The summed E-state index contributed by atoms with van der Waals surface area (Å²) < 4.78 is 0. The van der Waals surface area contributed by atoms with Gasteiger partial charge in [0.1, 0.15) is 6.07 Å². The minimum atomic E-state index is 0.000525. The summed E-state index contributed by atoms with van der Waals surface area (Å²) in [4.78, 5) is 0. The molecule has 0 fully saturated rings. The molecule has 4 heteroatoms. The number of hydrogen-bond donors (Lipinski definition) is 1. The van der Waals surface area contributed by atoms with Crippen LogP contribution in [0.15, 0.2) is 18.2 Å². The molecular weight excluding hydrogens is 210 g/mol.